The normalized spacial score (nSPS) is 9.50. The van der Waals surface area contributed by atoms with E-state index >= 15 is 0 Å². The predicted molar refractivity (Wildman–Crippen MR) is 63.0 cm³/mol. The van der Waals surface area contributed by atoms with Gasteiger partial charge in [-0.25, -0.2) is 0 Å². The number of carbonyl (C=O) groups excluding carboxylic acids is 1. The Kier molecular flexibility index (Phi) is 5.07. The molecule has 1 aromatic rings. The number of hydrogen-bond donors (Lipinski definition) is 1. The molecule has 3 nitrogen and oxygen atoms in total. The van der Waals surface area contributed by atoms with Gasteiger partial charge in [-0.05, 0) is 18.1 Å². The van der Waals surface area contributed by atoms with Crippen molar-refractivity contribution >= 4 is 5.91 Å². The number of unbranched alkanes of at least 4 members (excludes halogenated alkanes) is 1. The Balaban J connectivity index is 2.71. The fourth-order valence-corrected chi connectivity index (χ4v) is 1.46. The third-order valence-corrected chi connectivity index (χ3v) is 2.35. The van der Waals surface area contributed by atoms with Gasteiger partial charge >= 0.3 is 0 Å². The SMILES string of the molecule is CCCCNC(=O)c1ccccc1CC#N. The van der Waals surface area contributed by atoms with Crippen LogP contribution in [-0.2, 0) is 6.42 Å². The average molecular weight is 216 g/mol. The maximum Gasteiger partial charge on any atom is 0.251 e. The second kappa shape index (κ2) is 6.62. The third-order valence-electron chi connectivity index (χ3n) is 2.35. The first-order chi connectivity index (χ1) is 7.79. The molecule has 0 saturated heterocycles. The van der Waals surface area contributed by atoms with Crippen molar-refractivity contribution in [2.24, 2.45) is 0 Å². The summed E-state index contributed by atoms with van der Waals surface area (Å²) in [6, 6.07) is 9.30. The Bertz CT molecular complexity index is 393. The van der Waals surface area contributed by atoms with Gasteiger partial charge in [0.1, 0.15) is 0 Å². The van der Waals surface area contributed by atoms with Gasteiger partial charge in [0.15, 0.2) is 0 Å². The van der Waals surface area contributed by atoms with Crippen molar-refractivity contribution in [2.75, 3.05) is 6.54 Å². The first-order valence-electron chi connectivity index (χ1n) is 5.52. The lowest BCUT2D eigenvalue weighted by Crippen LogP contribution is -2.25. The number of amides is 1. The molecule has 0 aliphatic rings. The maximum atomic E-state index is 11.8. The summed E-state index contributed by atoms with van der Waals surface area (Å²) < 4.78 is 0. The van der Waals surface area contributed by atoms with Crippen LogP contribution in [0.15, 0.2) is 24.3 Å². The lowest BCUT2D eigenvalue weighted by Gasteiger charge is -2.07. The third kappa shape index (κ3) is 3.39. The summed E-state index contributed by atoms with van der Waals surface area (Å²) in [5, 5.41) is 11.5. The average Bonchev–Trinajstić information content (AvgIpc) is 2.30. The molecule has 1 amide bonds. The standard InChI is InChI=1S/C13H16N2O/c1-2-3-10-15-13(16)12-7-5-4-6-11(12)8-9-14/h4-7H,2-3,8,10H2,1H3,(H,15,16). The van der Waals surface area contributed by atoms with E-state index in [1.54, 1.807) is 6.07 Å². The van der Waals surface area contributed by atoms with Crippen molar-refractivity contribution < 1.29 is 4.79 Å². The number of hydrogen-bond acceptors (Lipinski definition) is 2. The molecule has 3 heteroatoms. The van der Waals surface area contributed by atoms with E-state index in [0.29, 0.717) is 12.1 Å². The fourth-order valence-electron chi connectivity index (χ4n) is 1.46. The largest absolute Gasteiger partial charge is 0.352 e. The first-order valence-corrected chi connectivity index (χ1v) is 5.52. The van der Waals surface area contributed by atoms with Gasteiger partial charge in [0, 0.05) is 12.1 Å². The minimum absolute atomic E-state index is 0.0840. The summed E-state index contributed by atoms with van der Waals surface area (Å²) in [6.07, 6.45) is 2.31. The second-order valence-electron chi connectivity index (χ2n) is 3.60. The van der Waals surface area contributed by atoms with Crippen molar-refractivity contribution in [1.29, 1.82) is 5.26 Å². The smallest absolute Gasteiger partial charge is 0.251 e. The van der Waals surface area contributed by atoms with Gasteiger partial charge in [-0.2, -0.15) is 5.26 Å². The van der Waals surface area contributed by atoms with Crippen LogP contribution in [-0.4, -0.2) is 12.5 Å². The molecule has 0 spiro atoms. The van der Waals surface area contributed by atoms with E-state index in [9.17, 15) is 4.79 Å². The molecule has 1 aromatic carbocycles. The highest BCUT2D eigenvalue weighted by Gasteiger charge is 2.09. The summed E-state index contributed by atoms with van der Waals surface area (Å²) in [7, 11) is 0. The van der Waals surface area contributed by atoms with Crippen LogP contribution in [0.3, 0.4) is 0 Å². The van der Waals surface area contributed by atoms with Crippen LogP contribution in [0.4, 0.5) is 0 Å². The molecule has 0 heterocycles. The molecule has 84 valence electrons. The van der Waals surface area contributed by atoms with Crippen molar-refractivity contribution in [3.63, 3.8) is 0 Å². The summed E-state index contributed by atoms with van der Waals surface area (Å²) in [6.45, 7) is 2.77. The molecular weight excluding hydrogens is 200 g/mol. The van der Waals surface area contributed by atoms with Crippen LogP contribution in [0.5, 0.6) is 0 Å². The van der Waals surface area contributed by atoms with Crippen molar-refractivity contribution in [1.82, 2.24) is 5.32 Å². The molecule has 0 saturated carbocycles. The van der Waals surface area contributed by atoms with Crippen LogP contribution in [0.2, 0.25) is 0 Å². The second-order valence-corrected chi connectivity index (χ2v) is 3.60. The number of rotatable bonds is 5. The van der Waals surface area contributed by atoms with Crippen LogP contribution < -0.4 is 5.32 Å². The van der Waals surface area contributed by atoms with Crippen molar-refractivity contribution in [3.8, 4) is 6.07 Å². The summed E-state index contributed by atoms with van der Waals surface area (Å²) in [5.41, 5.74) is 1.40. The molecule has 0 atom stereocenters. The van der Waals surface area contributed by atoms with Gasteiger partial charge in [0.25, 0.3) is 5.91 Å². The van der Waals surface area contributed by atoms with Crippen LogP contribution in [0.1, 0.15) is 35.7 Å². The lowest BCUT2D eigenvalue weighted by atomic mass is 10.0. The summed E-state index contributed by atoms with van der Waals surface area (Å²) >= 11 is 0. The molecule has 0 aliphatic carbocycles. The van der Waals surface area contributed by atoms with Crippen LogP contribution in [0.25, 0.3) is 0 Å². The maximum absolute atomic E-state index is 11.8. The molecule has 0 fully saturated rings. The van der Waals surface area contributed by atoms with E-state index in [2.05, 4.69) is 18.3 Å². The molecule has 0 radical (unpaired) electrons. The molecule has 0 aromatic heterocycles. The fraction of sp³-hybridized carbons (Fsp3) is 0.385. The number of benzene rings is 1. The molecule has 0 bridgehead atoms. The highest BCUT2D eigenvalue weighted by molar-refractivity contribution is 5.95. The minimum Gasteiger partial charge on any atom is -0.352 e. The van der Waals surface area contributed by atoms with E-state index in [0.717, 1.165) is 18.4 Å². The van der Waals surface area contributed by atoms with Crippen LogP contribution in [0, 0.1) is 11.3 Å². The van der Waals surface area contributed by atoms with Gasteiger partial charge in [-0.3, -0.25) is 4.79 Å². The summed E-state index contributed by atoms with van der Waals surface area (Å²) in [4.78, 5) is 11.8. The Morgan fingerprint density at radius 1 is 1.44 bits per heavy atom. The van der Waals surface area contributed by atoms with E-state index in [1.807, 2.05) is 18.2 Å². The molecule has 0 unspecified atom stereocenters. The van der Waals surface area contributed by atoms with E-state index in [4.69, 9.17) is 5.26 Å². The zero-order chi connectivity index (χ0) is 11.8. The van der Waals surface area contributed by atoms with E-state index in [-0.39, 0.29) is 12.3 Å². The first kappa shape index (κ1) is 12.3. The predicted octanol–water partition coefficient (Wildman–Crippen LogP) is 2.28. The molecule has 16 heavy (non-hydrogen) atoms. The molecule has 0 aliphatic heterocycles. The Morgan fingerprint density at radius 2 is 2.19 bits per heavy atom. The Hall–Kier alpha value is -1.82. The quantitative estimate of drug-likeness (QED) is 0.768. The number of nitrogens with zero attached hydrogens (tertiary/aromatic N) is 1. The topological polar surface area (TPSA) is 52.9 Å². The highest BCUT2D eigenvalue weighted by atomic mass is 16.1. The van der Waals surface area contributed by atoms with Gasteiger partial charge in [0.2, 0.25) is 0 Å². The molecule has 1 rings (SSSR count). The number of nitrogens with one attached hydrogen (secondary N) is 1. The monoisotopic (exact) mass is 216 g/mol. The van der Waals surface area contributed by atoms with Gasteiger partial charge in [-0.15, -0.1) is 0 Å². The summed E-state index contributed by atoms with van der Waals surface area (Å²) in [5.74, 6) is -0.0840. The van der Waals surface area contributed by atoms with Crippen LogP contribution >= 0.6 is 0 Å². The number of carbonyl (C=O) groups is 1. The molecular formula is C13H16N2O. The Labute approximate surface area is 96.1 Å². The zero-order valence-corrected chi connectivity index (χ0v) is 9.49. The van der Waals surface area contributed by atoms with Crippen molar-refractivity contribution in [2.45, 2.75) is 26.2 Å². The van der Waals surface area contributed by atoms with E-state index in [1.165, 1.54) is 0 Å². The minimum atomic E-state index is -0.0840. The Morgan fingerprint density at radius 3 is 2.88 bits per heavy atom. The highest BCUT2D eigenvalue weighted by Crippen LogP contribution is 2.09. The van der Waals surface area contributed by atoms with Gasteiger partial charge in [-0.1, -0.05) is 31.5 Å². The van der Waals surface area contributed by atoms with E-state index < -0.39 is 0 Å². The van der Waals surface area contributed by atoms with Gasteiger partial charge in [0.05, 0.1) is 12.5 Å². The van der Waals surface area contributed by atoms with Gasteiger partial charge < -0.3 is 5.32 Å². The van der Waals surface area contributed by atoms with Crippen molar-refractivity contribution in [3.05, 3.63) is 35.4 Å². The number of nitriles is 1. The molecule has 1 N–H and O–H groups in total. The lowest BCUT2D eigenvalue weighted by molar-refractivity contribution is 0.0952. The zero-order valence-electron chi connectivity index (χ0n) is 9.49.